The third kappa shape index (κ3) is 26.9. The number of hydrogen-bond acceptors (Lipinski definition) is 4. The molecule has 0 heterocycles. The molecular weight excluding hydrogens is 134 g/mol. The molecule has 0 aliphatic carbocycles. The maximum Gasteiger partial charge on any atom is 0.507 e. The molecule has 0 saturated heterocycles. The molecule has 0 bridgehead atoms. The van der Waals surface area contributed by atoms with Crippen LogP contribution >= 0.6 is 0 Å². The number of hydrogen-bond donors (Lipinski definition) is 0. The largest absolute Gasteiger partial charge is 0.507 e. The minimum Gasteiger partial charge on any atom is -0.438 e. The monoisotopic (exact) mass is 149 g/mol. The predicted octanol–water partition coefficient (Wildman–Crippen LogP) is 0.577. The molecule has 0 radical (unpaired) electrons. The zero-order valence-electron chi connectivity index (χ0n) is 7.17. The van der Waals surface area contributed by atoms with E-state index in [1.165, 1.54) is 14.2 Å². The van der Waals surface area contributed by atoms with Gasteiger partial charge in [-0.3, -0.25) is 0 Å². The third-order valence-electron chi connectivity index (χ3n) is 0.333. The van der Waals surface area contributed by atoms with Crippen molar-refractivity contribution in [3.63, 3.8) is 0 Å². The van der Waals surface area contributed by atoms with Gasteiger partial charge in [-0.15, -0.1) is 0 Å². The van der Waals surface area contributed by atoms with Gasteiger partial charge in [0.1, 0.15) is 0 Å². The van der Waals surface area contributed by atoms with Gasteiger partial charge in [-0.2, -0.15) is 0 Å². The van der Waals surface area contributed by atoms with E-state index in [1.807, 2.05) is 26.0 Å². The molecule has 0 saturated carbocycles. The van der Waals surface area contributed by atoms with Crippen molar-refractivity contribution in [2.45, 2.75) is 0 Å². The molecule has 10 heavy (non-hydrogen) atoms. The summed E-state index contributed by atoms with van der Waals surface area (Å²) in [4.78, 5) is 11.7. The first-order chi connectivity index (χ1) is 4.54. The Labute approximate surface area is 61.7 Å². The number of carbonyl (C=O) groups is 1. The van der Waals surface area contributed by atoms with Crippen molar-refractivity contribution in [2.24, 2.45) is 0 Å². The average molecular weight is 149 g/mol. The molecular formula is C6H15NO3. The fourth-order valence-electron chi connectivity index (χ4n) is 0.0833. The van der Waals surface area contributed by atoms with Gasteiger partial charge >= 0.3 is 6.16 Å². The Bertz CT molecular complexity index is 74.3. The van der Waals surface area contributed by atoms with Gasteiger partial charge in [0, 0.05) is 0 Å². The van der Waals surface area contributed by atoms with E-state index in [9.17, 15) is 4.79 Å². The van der Waals surface area contributed by atoms with Crippen molar-refractivity contribution >= 4 is 6.16 Å². The molecule has 0 aliphatic heterocycles. The molecule has 0 aliphatic rings. The molecule has 0 atom stereocenters. The molecule has 0 N–H and O–H groups in total. The first-order valence-corrected chi connectivity index (χ1v) is 2.77. The van der Waals surface area contributed by atoms with Crippen molar-refractivity contribution in [3.05, 3.63) is 0 Å². The van der Waals surface area contributed by atoms with Gasteiger partial charge in [0.25, 0.3) is 0 Å². The van der Waals surface area contributed by atoms with Crippen LogP contribution in [0.2, 0.25) is 0 Å². The number of methoxy groups -OCH3 is 2. The lowest BCUT2D eigenvalue weighted by Gasteiger charge is -1.90. The average Bonchev–Trinajstić information content (AvgIpc) is 1.85. The van der Waals surface area contributed by atoms with Gasteiger partial charge in [0.15, 0.2) is 0 Å². The van der Waals surface area contributed by atoms with Gasteiger partial charge in [0.05, 0.1) is 14.2 Å². The standard InChI is InChI=1S/C3H9N.C3H6O3/c1-4(2)3;1-5-3(4)6-2/h1-3H3;1-2H3. The highest BCUT2D eigenvalue weighted by Gasteiger charge is 1.88. The lowest BCUT2D eigenvalue weighted by Crippen LogP contribution is -1.99. The fourth-order valence-corrected chi connectivity index (χ4v) is 0.0833. The van der Waals surface area contributed by atoms with Crippen LogP contribution in [0.3, 0.4) is 0 Å². The van der Waals surface area contributed by atoms with E-state index in [0.29, 0.717) is 0 Å². The second-order valence-electron chi connectivity index (χ2n) is 2.00. The smallest absolute Gasteiger partial charge is 0.438 e. The Morgan fingerprint density at radius 2 is 1.30 bits per heavy atom. The van der Waals surface area contributed by atoms with Crippen LogP contribution in [0.1, 0.15) is 0 Å². The summed E-state index contributed by atoms with van der Waals surface area (Å²) in [6.45, 7) is 0. The first-order valence-electron chi connectivity index (χ1n) is 2.77. The number of rotatable bonds is 0. The molecule has 0 amide bonds. The Morgan fingerprint density at radius 1 is 1.10 bits per heavy atom. The summed E-state index contributed by atoms with van der Waals surface area (Å²) in [7, 11) is 8.51. The fraction of sp³-hybridized carbons (Fsp3) is 0.833. The molecule has 0 aromatic rings. The predicted molar refractivity (Wildman–Crippen MR) is 39.0 cm³/mol. The third-order valence-corrected chi connectivity index (χ3v) is 0.333. The molecule has 0 spiro atoms. The van der Waals surface area contributed by atoms with Crippen molar-refractivity contribution in [2.75, 3.05) is 35.4 Å². The van der Waals surface area contributed by atoms with Crippen molar-refractivity contribution in [1.29, 1.82) is 0 Å². The van der Waals surface area contributed by atoms with Crippen LogP contribution in [0, 0.1) is 0 Å². The highest BCUT2D eigenvalue weighted by molar-refractivity contribution is 5.59. The molecule has 0 fully saturated rings. The van der Waals surface area contributed by atoms with E-state index >= 15 is 0 Å². The van der Waals surface area contributed by atoms with Crippen LogP contribution in [0.15, 0.2) is 0 Å². The highest BCUT2D eigenvalue weighted by Crippen LogP contribution is 1.72. The summed E-state index contributed by atoms with van der Waals surface area (Å²) in [5, 5.41) is 0. The topological polar surface area (TPSA) is 38.8 Å². The van der Waals surface area contributed by atoms with E-state index < -0.39 is 6.16 Å². The van der Waals surface area contributed by atoms with Gasteiger partial charge in [-0.05, 0) is 21.1 Å². The van der Waals surface area contributed by atoms with Crippen molar-refractivity contribution in [3.8, 4) is 0 Å². The zero-order chi connectivity index (χ0) is 8.57. The van der Waals surface area contributed by atoms with Crippen LogP contribution in [-0.4, -0.2) is 46.4 Å². The van der Waals surface area contributed by atoms with Crippen LogP contribution in [0.5, 0.6) is 0 Å². The van der Waals surface area contributed by atoms with Crippen LogP contribution < -0.4 is 0 Å². The van der Waals surface area contributed by atoms with Gasteiger partial charge in [-0.25, -0.2) is 4.79 Å². The minimum absolute atomic E-state index is 0.657. The van der Waals surface area contributed by atoms with Crippen LogP contribution in [0.4, 0.5) is 4.79 Å². The normalized spacial score (nSPS) is 7.80. The molecule has 4 heteroatoms. The van der Waals surface area contributed by atoms with Crippen LogP contribution in [-0.2, 0) is 9.47 Å². The lowest BCUT2D eigenvalue weighted by atomic mass is 11.0. The second kappa shape index (κ2) is 8.23. The van der Waals surface area contributed by atoms with E-state index in [4.69, 9.17) is 0 Å². The summed E-state index contributed by atoms with van der Waals surface area (Å²) < 4.78 is 8.08. The number of carbonyl (C=O) groups excluding carboxylic acids is 1. The number of nitrogens with zero attached hydrogens (tertiary/aromatic N) is 1. The Hall–Kier alpha value is -0.770. The molecule has 0 aromatic heterocycles. The van der Waals surface area contributed by atoms with Crippen molar-refractivity contribution < 1.29 is 14.3 Å². The Balaban J connectivity index is 0. The summed E-state index contributed by atoms with van der Waals surface area (Å²) in [6, 6.07) is 0. The maximum absolute atomic E-state index is 9.74. The van der Waals surface area contributed by atoms with E-state index in [2.05, 4.69) is 9.47 Å². The Morgan fingerprint density at radius 3 is 1.30 bits per heavy atom. The Kier molecular flexibility index (Phi) is 9.84. The molecule has 0 aromatic carbocycles. The molecule has 0 rings (SSSR count). The summed E-state index contributed by atoms with van der Waals surface area (Å²) in [6.07, 6.45) is -0.657. The van der Waals surface area contributed by atoms with Gasteiger partial charge < -0.3 is 14.4 Å². The lowest BCUT2D eigenvalue weighted by molar-refractivity contribution is 0.0924. The van der Waals surface area contributed by atoms with Crippen LogP contribution in [0.25, 0.3) is 0 Å². The molecule has 4 nitrogen and oxygen atoms in total. The first kappa shape index (κ1) is 12.0. The SMILES string of the molecule is CN(C)C.COC(=O)OC. The minimum atomic E-state index is -0.657. The van der Waals surface area contributed by atoms with E-state index in [-0.39, 0.29) is 0 Å². The second-order valence-corrected chi connectivity index (χ2v) is 2.00. The van der Waals surface area contributed by atoms with Crippen molar-refractivity contribution in [1.82, 2.24) is 4.90 Å². The summed E-state index contributed by atoms with van der Waals surface area (Å²) in [5.41, 5.74) is 0. The quantitative estimate of drug-likeness (QED) is 0.472. The summed E-state index contributed by atoms with van der Waals surface area (Å²) >= 11 is 0. The molecule has 62 valence electrons. The van der Waals surface area contributed by atoms with E-state index in [1.54, 1.807) is 0 Å². The molecule has 0 unspecified atom stereocenters. The number of ether oxygens (including phenoxy) is 2. The summed E-state index contributed by atoms with van der Waals surface area (Å²) in [5.74, 6) is 0. The highest BCUT2D eigenvalue weighted by atomic mass is 16.7. The van der Waals surface area contributed by atoms with Gasteiger partial charge in [-0.1, -0.05) is 0 Å². The van der Waals surface area contributed by atoms with Gasteiger partial charge in [0.2, 0.25) is 0 Å². The maximum atomic E-state index is 9.74. The van der Waals surface area contributed by atoms with E-state index in [0.717, 1.165) is 0 Å². The zero-order valence-corrected chi connectivity index (χ0v) is 7.17.